The van der Waals surface area contributed by atoms with Crippen LogP contribution in [0.5, 0.6) is 0 Å². The fraction of sp³-hybridized carbons (Fsp3) is 0.143. The van der Waals surface area contributed by atoms with Gasteiger partial charge in [-0.1, -0.05) is 0 Å². The maximum absolute atomic E-state index is 11.8. The molecule has 1 radical (unpaired) electrons. The summed E-state index contributed by atoms with van der Waals surface area (Å²) in [6.07, 6.45) is 1.42. The number of nitrogens with zero attached hydrogens (tertiary/aromatic N) is 2. The Bertz CT molecular complexity index is 1150. The van der Waals surface area contributed by atoms with Gasteiger partial charge in [0.25, 0.3) is 0 Å². The van der Waals surface area contributed by atoms with Gasteiger partial charge >= 0.3 is 202 Å². The van der Waals surface area contributed by atoms with E-state index >= 15 is 0 Å². The van der Waals surface area contributed by atoms with Crippen LogP contribution in [0.4, 0.5) is 11.5 Å². The van der Waals surface area contributed by atoms with Crippen LogP contribution >= 0.6 is 23.2 Å². The number of nitrogens with one attached hydrogen (secondary N) is 2. The number of hydrogen-bond donors (Lipinski definition) is 3. The average Bonchev–Trinajstić information content (AvgIpc) is 2.75. The molecule has 0 fully saturated rings. The van der Waals surface area contributed by atoms with Crippen molar-refractivity contribution in [2.75, 3.05) is 24.4 Å². The van der Waals surface area contributed by atoms with Gasteiger partial charge in [0.1, 0.15) is 0 Å². The predicted octanol–water partition coefficient (Wildman–Crippen LogP) is 1.73. The first-order valence-electron chi connectivity index (χ1n) is 9.31. The van der Waals surface area contributed by atoms with Gasteiger partial charge in [0.2, 0.25) is 0 Å². The summed E-state index contributed by atoms with van der Waals surface area (Å²) >= 11 is 11.4. The van der Waals surface area contributed by atoms with E-state index in [1.807, 2.05) is 24.3 Å². The van der Waals surface area contributed by atoms with Gasteiger partial charge in [-0.05, 0) is 0 Å². The average molecular weight is 535 g/mol. The van der Waals surface area contributed by atoms with Gasteiger partial charge in [-0.15, -0.1) is 0 Å². The van der Waals surface area contributed by atoms with E-state index in [9.17, 15) is 9.59 Å². The number of methoxy groups -OCH3 is 1. The Balaban J connectivity index is 1.77. The number of amides is 2. The SMILES string of the molecule is COCC(=O)Nc1cccc([As]c2ncc(C(N)=O)c(NCc3ccc(Cl)c(Cl)c3)n2)c1. The van der Waals surface area contributed by atoms with Crippen LogP contribution in [0.2, 0.25) is 10.0 Å². The number of primary amides is 1. The van der Waals surface area contributed by atoms with E-state index in [1.54, 1.807) is 18.2 Å². The number of anilines is 2. The molecule has 32 heavy (non-hydrogen) atoms. The first kappa shape index (κ1) is 24.0. The summed E-state index contributed by atoms with van der Waals surface area (Å²) in [5.74, 6) is -0.530. The van der Waals surface area contributed by atoms with Crippen LogP contribution in [0.15, 0.2) is 48.7 Å². The van der Waals surface area contributed by atoms with Crippen LogP contribution in [0.25, 0.3) is 0 Å². The summed E-state index contributed by atoms with van der Waals surface area (Å²) in [5.41, 5.74) is 7.19. The number of hydrogen-bond acceptors (Lipinski definition) is 6. The van der Waals surface area contributed by atoms with Crippen LogP contribution in [0.3, 0.4) is 0 Å². The molecular weight excluding hydrogens is 516 g/mol. The van der Waals surface area contributed by atoms with Gasteiger partial charge in [0.15, 0.2) is 0 Å². The molecule has 3 rings (SSSR count). The molecule has 0 spiro atoms. The van der Waals surface area contributed by atoms with E-state index < -0.39 is 21.7 Å². The maximum atomic E-state index is 11.8. The van der Waals surface area contributed by atoms with E-state index in [1.165, 1.54) is 13.3 Å². The third-order valence-corrected chi connectivity index (χ3v) is 6.86. The van der Waals surface area contributed by atoms with Crippen molar-refractivity contribution in [2.24, 2.45) is 5.73 Å². The molecule has 0 aliphatic rings. The molecule has 8 nitrogen and oxygen atoms in total. The molecule has 11 heteroatoms. The zero-order valence-corrected chi connectivity index (χ0v) is 20.3. The first-order valence-corrected chi connectivity index (χ1v) is 11.9. The second-order valence-electron chi connectivity index (χ2n) is 6.54. The quantitative estimate of drug-likeness (QED) is 0.360. The zero-order chi connectivity index (χ0) is 23.1. The number of halogens is 2. The van der Waals surface area contributed by atoms with Crippen molar-refractivity contribution in [1.82, 2.24) is 9.97 Å². The van der Waals surface area contributed by atoms with Crippen molar-refractivity contribution in [1.29, 1.82) is 0 Å². The summed E-state index contributed by atoms with van der Waals surface area (Å²) in [4.78, 5) is 32.4. The predicted molar refractivity (Wildman–Crippen MR) is 126 cm³/mol. The van der Waals surface area contributed by atoms with E-state index in [2.05, 4.69) is 20.6 Å². The van der Waals surface area contributed by atoms with Crippen molar-refractivity contribution in [3.63, 3.8) is 0 Å². The Labute approximate surface area is 201 Å². The number of benzene rings is 2. The number of rotatable bonds is 9. The summed E-state index contributed by atoms with van der Waals surface area (Å²) in [7, 11) is 1.46. The Hall–Kier alpha value is -2.64. The monoisotopic (exact) mass is 534 g/mol. The van der Waals surface area contributed by atoms with Gasteiger partial charge in [-0.25, -0.2) is 0 Å². The fourth-order valence-corrected chi connectivity index (χ4v) is 4.80. The van der Waals surface area contributed by atoms with Crippen molar-refractivity contribution in [3.8, 4) is 0 Å². The number of aromatic nitrogens is 2. The van der Waals surface area contributed by atoms with E-state index in [0.717, 1.165) is 9.91 Å². The number of ether oxygens (including phenoxy) is 1. The number of nitrogens with two attached hydrogens (primary N) is 1. The molecule has 0 aliphatic carbocycles. The van der Waals surface area contributed by atoms with E-state index in [-0.39, 0.29) is 18.1 Å². The molecule has 1 heterocycles. The van der Waals surface area contributed by atoms with Crippen molar-refractivity contribution in [2.45, 2.75) is 6.54 Å². The second kappa shape index (κ2) is 11.3. The van der Waals surface area contributed by atoms with Crippen LogP contribution in [-0.2, 0) is 16.1 Å². The van der Waals surface area contributed by atoms with Crippen molar-refractivity contribution < 1.29 is 14.3 Å². The first-order chi connectivity index (χ1) is 15.4. The number of carbonyl (C=O) groups excluding carboxylic acids is 2. The molecule has 4 N–H and O–H groups in total. The normalized spacial score (nSPS) is 11.0. The van der Waals surface area contributed by atoms with Crippen LogP contribution in [0.1, 0.15) is 15.9 Å². The van der Waals surface area contributed by atoms with Gasteiger partial charge in [0.05, 0.1) is 0 Å². The topological polar surface area (TPSA) is 119 Å². The third-order valence-electron chi connectivity index (χ3n) is 4.12. The molecule has 165 valence electrons. The summed E-state index contributed by atoms with van der Waals surface area (Å²) < 4.78 is 6.37. The van der Waals surface area contributed by atoms with E-state index in [4.69, 9.17) is 33.7 Å². The minimum absolute atomic E-state index is 0.0243. The Morgan fingerprint density at radius 1 is 1.16 bits per heavy atom. The third kappa shape index (κ3) is 6.68. The van der Waals surface area contributed by atoms with Gasteiger partial charge in [0, 0.05) is 0 Å². The Morgan fingerprint density at radius 2 is 1.97 bits per heavy atom. The van der Waals surface area contributed by atoms with Gasteiger partial charge in [-0.3, -0.25) is 0 Å². The molecular formula is C21H19AsCl2N5O3. The van der Waals surface area contributed by atoms with Crippen molar-refractivity contribution >= 4 is 71.2 Å². The summed E-state index contributed by atoms with van der Waals surface area (Å²) in [5, 5.41) is 6.79. The molecule has 3 aromatic rings. The van der Waals surface area contributed by atoms with Crippen LogP contribution in [-0.4, -0.2) is 51.3 Å². The van der Waals surface area contributed by atoms with Crippen LogP contribution in [0, 0.1) is 0 Å². The molecule has 0 saturated carbocycles. The van der Waals surface area contributed by atoms with Gasteiger partial charge < -0.3 is 0 Å². The molecule has 0 bridgehead atoms. The standard InChI is InChI=1S/C21H19AsCl2N5O3/c1-32-11-18(30)28-14-4-2-3-13(8-14)22-21-27-10-15(19(25)31)20(29-21)26-9-12-5-6-16(23)17(24)7-12/h2-8,10H,9,11H2,1H3,(H2,25,31)(H,28,30)(H,26,27,29). The Morgan fingerprint density at radius 3 is 2.69 bits per heavy atom. The summed E-state index contributed by atoms with van der Waals surface area (Å²) in [6, 6.07) is 12.7. The molecule has 0 unspecified atom stereocenters. The molecule has 0 atom stereocenters. The number of carbonyl (C=O) groups is 2. The zero-order valence-electron chi connectivity index (χ0n) is 16.9. The fourth-order valence-electron chi connectivity index (χ4n) is 2.67. The summed E-state index contributed by atoms with van der Waals surface area (Å²) in [6.45, 7) is 0.342. The second-order valence-corrected chi connectivity index (χ2v) is 9.75. The minimum atomic E-state index is -0.632. The van der Waals surface area contributed by atoms with Gasteiger partial charge in [-0.2, -0.15) is 0 Å². The Kier molecular flexibility index (Phi) is 8.47. The van der Waals surface area contributed by atoms with E-state index in [0.29, 0.717) is 32.7 Å². The van der Waals surface area contributed by atoms with Crippen LogP contribution < -0.4 is 25.3 Å². The molecule has 0 saturated heterocycles. The molecule has 1 aromatic heterocycles. The molecule has 2 amide bonds. The van der Waals surface area contributed by atoms with Crippen molar-refractivity contribution in [3.05, 3.63) is 69.8 Å². The molecule has 0 aliphatic heterocycles. The molecule has 2 aromatic carbocycles.